The van der Waals surface area contributed by atoms with Crippen molar-refractivity contribution in [2.75, 3.05) is 0 Å². The molecule has 1 heteroatoms. The Morgan fingerprint density at radius 2 is 2.00 bits per heavy atom. The van der Waals surface area contributed by atoms with E-state index >= 15 is 0 Å². The molecule has 5 heavy (non-hydrogen) atoms. The Morgan fingerprint density at radius 3 is 2.00 bits per heavy atom. The molecular weight excluding hydrogens is 58.9 g/mol. The molecule has 0 N–H and O–H groups in total. The van der Waals surface area contributed by atoms with Gasteiger partial charge in [0.05, 0.1) is 0 Å². The van der Waals surface area contributed by atoms with Crippen LogP contribution in [0.3, 0.4) is 0 Å². The summed E-state index contributed by atoms with van der Waals surface area (Å²) in [6.07, 6.45) is 1.86. The van der Waals surface area contributed by atoms with Crippen molar-refractivity contribution in [3.8, 4) is 0 Å². The highest BCUT2D eigenvalue weighted by Gasteiger charge is 1.60. The second-order valence-corrected chi connectivity index (χ2v) is 1.03. The normalized spacial score (nSPS) is 12.0. The standard InChI is InChI=1S/C4H7B/c1-3-4(2)5/h3H,1-2H3. The maximum Gasteiger partial charge on any atom is 0.106 e. The van der Waals surface area contributed by atoms with Crippen molar-refractivity contribution in [3.05, 3.63) is 11.5 Å². The smallest absolute Gasteiger partial charge is 0.106 e. The first kappa shape index (κ1) is 4.80. The zero-order chi connectivity index (χ0) is 4.28. The maximum absolute atomic E-state index is 5.15. The molecule has 0 rings (SSSR count). The van der Waals surface area contributed by atoms with Gasteiger partial charge in [-0.25, -0.2) is 0 Å². The number of hydrogen-bond acceptors (Lipinski definition) is 0. The van der Waals surface area contributed by atoms with Gasteiger partial charge >= 0.3 is 0 Å². The van der Waals surface area contributed by atoms with Gasteiger partial charge in [0, 0.05) is 0 Å². The zero-order valence-corrected chi connectivity index (χ0v) is 3.65. The van der Waals surface area contributed by atoms with Gasteiger partial charge in [-0.1, -0.05) is 13.0 Å². The van der Waals surface area contributed by atoms with E-state index in [-0.39, 0.29) is 0 Å². The van der Waals surface area contributed by atoms with Crippen LogP contribution in [0.2, 0.25) is 0 Å². The fourth-order valence-corrected chi connectivity index (χ4v) is 0. The highest BCUT2D eigenvalue weighted by molar-refractivity contribution is 6.21. The third kappa shape index (κ3) is 3.80. The fourth-order valence-electron chi connectivity index (χ4n) is 0. The third-order valence-corrected chi connectivity index (χ3v) is 0.455. The summed E-state index contributed by atoms with van der Waals surface area (Å²) in [7, 11) is 5.15. The van der Waals surface area contributed by atoms with Crippen molar-refractivity contribution in [3.63, 3.8) is 0 Å². The van der Waals surface area contributed by atoms with Gasteiger partial charge in [0.15, 0.2) is 0 Å². The van der Waals surface area contributed by atoms with Crippen LogP contribution in [0.5, 0.6) is 0 Å². The van der Waals surface area contributed by atoms with E-state index in [2.05, 4.69) is 0 Å². The Balaban J connectivity index is 3.14. The molecule has 26 valence electrons. The molecule has 0 aliphatic heterocycles. The second kappa shape index (κ2) is 2.07. The first-order chi connectivity index (χ1) is 2.27. The lowest BCUT2D eigenvalue weighted by molar-refractivity contribution is 1.59. The van der Waals surface area contributed by atoms with Gasteiger partial charge in [-0.15, -0.1) is 5.47 Å². The average Bonchev–Trinajstić information content (AvgIpc) is 1.38. The summed E-state index contributed by atoms with van der Waals surface area (Å²) in [6, 6.07) is 0. The third-order valence-electron chi connectivity index (χ3n) is 0.455. The molecule has 0 unspecified atom stereocenters. The van der Waals surface area contributed by atoms with Crippen molar-refractivity contribution in [2.45, 2.75) is 13.8 Å². The van der Waals surface area contributed by atoms with E-state index in [1.165, 1.54) is 0 Å². The number of allylic oxidation sites excluding steroid dienone is 2. The van der Waals surface area contributed by atoms with Gasteiger partial charge in [0.25, 0.3) is 0 Å². The average molecular weight is 65.9 g/mol. The van der Waals surface area contributed by atoms with E-state index in [1.807, 2.05) is 19.9 Å². The predicted octanol–water partition coefficient (Wildman–Crippen LogP) is 1.08. The second-order valence-electron chi connectivity index (χ2n) is 1.03. The molecule has 0 saturated carbocycles. The van der Waals surface area contributed by atoms with E-state index in [4.69, 9.17) is 7.85 Å². The summed E-state index contributed by atoms with van der Waals surface area (Å²) in [5, 5.41) is 0. The Labute approximate surface area is 34.3 Å². The van der Waals surface area contributed by atoms with Gasteiger partial charge in [-0.3, -0.25) is 0 Å². The lowest BCUT2D eigenvalue weighted by Gasteiger charge is -1.74. The SMILES string of the molecule is [B]C(C)=CC. The minimum Gasteiger partial charge on any atom is -0.125 e. The topological polar surface area (TPSA) is 0 Å². The molecule has 0 atom stereocenters. The molecular formula is C4H7B. The molecule has 0 saturated heterocycles. The first-order valence-corrected chi connectivity index (χ1v) is 1.65. The minimum atomic E-state index is 0.880. The maximum atomic E-state index is 5.15. The van der Waals surface area contributed by atoms with Crippen molar-refractivity contribution in [1.82, 2.24) is 0 Å². The molecule has 0 aromatic rings. The van der Waals surface area contributed by atoms with Crippen LogP contribution in [0.15, 0.2) is 11.5 Å². The van der Waals surface area contributed by atoms with E-state index in [0.717, 1.165) is 5.47 Å². The van der Waals surface area contributed by atoms with E-state index < -0.39 is 0 Å². The van der Waals surface area contributed by atoms with Crippen LogP contribution >= 0.6 is 0 Å². The van der Waals surface area contributed by atoms with Gasteiger partial charge < -0.3 is 0 Å². The van der Waals surface area contributed by atoms with Crippen LogP contribution in [0.25, 0.3) is 0 Å². The highest BCUT2D eigenvalue weighted by Crippen LogP contribution is 1.76. The van der Waals surface area contributed by atoms with Gasteiger partial charge in [-0.05, 0) is 6.92 Å². The van der Waals surface area contributed by atoms with Crippen LogP contribution in [-0.2, 0) is 0 Å². The molecule has 0 aromatic carbocycles. The molecule has 0 aromatic heterocycles. The largest absolute Gasteiger partial charge is 0.125 e. The molecule has 0 fully saturated rings. The lowest BCUT2D eigenvalue weighted by atomic mass is 9.98. The van der Waals surface area contributed by atoms with E-state index in [9.17, 15) is 0 Å². The van der Waals surface area contributed by atoms with Crippen molar-refractivity contribution in [1.29, 1.82) is 0 Å². The Kier molecular flexibility index (Phi) is 1.99. The molecule has 0 nitrogen and oxygen atoms in total. The predicted molar refractivity (Wildman–Crippen MR) is 25.2 cm³/mol. The van der Waals surface area contributed by atoms with Crippen LogP contribution in [0.4, 0.5) is 0 Å². The van der Waals surface area contributed by atoms with Crippen LogP contribution in [-0.4, -0.2) is 7.85 Å². The minimum absolute atomic E-state index is 0.880. The summed E-state index contributed by atoms with van der Waals surface area (Å²) < 4.78 is 0. The Bertz CT molecular complexity index is 41.6. The first-order valence-electron chi connectivity index (χ1n) is 1.65. The molecule has 0 heterocycles. The van der Waals surface area contributed by atoms with E-state index in [0.29, 0.717) is 0 Å². The summed E-state index contributed by atoms with van der Waals surface area (Å²) >= 11 is 0. The fraction of sp³-hybridized carbons (Fsp3) is 0.500. The van der Waals surface area contributed by atoms with E-state index in [1.54, 1.807) is 0 Å². The van der Waals surface area contributed by atoms with Crippen LogP contribution in [0.1, 0.15) is 13.8 Å². The van der Waals surface area contributed by atoms with Gasteiger partial charge in [0.2, 0.25) is 0 Å². The van der Waals surface area contributed by atoms with Crippen molar-refractivity contribution in [2.24, 2.45) is 0 Å². The van der Waals surface area contributed by atoms with Crippen molar-refractivity contribution < 1.29 is 0 Å². The molecule has 0 aliphatic rings. The van der Waals surface area contributed by atoms with Crippen LogP contribution in [0, 0.1) is 0 Å². The van der Waals surface area contributed by atoms with Gasteiger partial charge in [0.1, 0.15) is 7.85 Å². The highest BCUT2D eigenvalue weighted by atomic mass is 13.6. The summed E-state index contributed by atoms with van der Waals surface area (Å²) in [5.41, 5.74) is 0.880. The number of rotatable bonds is 0. The zero-order valence-electron chi connectivity index (χ0n) is 3.65. The molecule has 2 radical (unpaired) electrons. The quantitative estimate of drug-likeness (QED) is 0.371. The van der Waals surface area contributed by atoms with Crippen LogP contribution < -0.4 is 0 Å². The van der Waals surface area contributed by atoms with Gasteiger partial charge in [-0.2, -0.15) is 0 Å². The summed E-state index contributed by atoms with van der Waals surface area (Å²) in [4.78, 5) is 0. The molecule has 0 spiro atoms. The number of hydrogen-bond donors (Lipinski definition) is 0. The monoisotopic (exact) mass is 66.1 g/mol. The van der Waals surface area contributed by atoms with Crippen molar-refractivity contribution >= 4 is 7.85 Å². The molecule has 0 bridgehead atoms. The Morgan fingerprint density at radius 1 is 1.80 bits per heavy atom. The summed E-state index contributed by atoms with van der Waals surface area (Å²) in [6.45, 7) is 3.77. The molecule has 0 amide bonds. The Hall–Kier alpha value is -0.195. The molecule has 0 aliphatic carbocycles. The lowest BCUT2D eigenvalue weighted by Crippen LogP contribution is -1.62. The summed E-state index contributed by atoms with van der Waals surface area (Å²) in [5.74, 6) is 0.